The van der Waals surface area contributed by atoms with Crippen LogP contribution in [0.2, 0.25) is 0 Å². The molecule has 6 heteroatoms. The monoisotopic (exact) mass is 276 g/mol. The maximum Gasteiger partial charge on any atom is 0.292 e. The number of nitrogens with zero attached hydrogens (tertiary/aromatic N) is 2. The second-order valence-electron chi connectivity index (χ2n) is 4.11. The molecule has 1 amide bonds. The number of benzene rings is 1. The summed E-state index contributed by atoms with van der Waals surface area (Å²) in [5.41, 5.74) is 0. The van der Waals surface area contributed by atoms with Crippen LogP contribution >= 0.6 is 11.3 Å². The standard InChI is InChI=1S/C13H12N2O3S/c1-15-6-7-19-13(15)14-12(16)11-8-17-9-4-2-3-5-10(9)18-11/h2-7,11H,8H2,1H3. The van der Waals surface area contributed by atoms with Gasteiger partial charge in [0, 0.05) is 18.6 Å². The molecular formula is C13H12N2O3S. The molecule has 2 aromatic rings. The summed E-state index contributed by atoms with van der Waals surface area (Å²) in [6.45, 7) is 0.189. The second-order valence-corrected chi connectivity index (χ2v) is 4.98. The third-order valence-electron chi connectivity index (χ3n) is 2.75. The molecule has 0 saturated carbocycles. The SMILES string of the molecule is Cn1ccsc1=NC(=O)C1COc2ccccc2O1. The predicted molar refractivity (Wildman–Crippen MR) is 70.2 cm³/mol. The van der Waals surface area contributed by atoms with Crippen LogP contribution in [0.1, 0.15) is 0 Å². The number of aryl methyl sites for hydroxylation is 1. The number of carbonyl (C=O) groups excluding carboxylic acids is 1. The van der Waals surface area contributed by atoms with Gasteiger partial charge in [0.2, 0.25) is 6.10 Å². The molecule has 5 nitrogen and oxygen atoms in total. The summed E-state index contributed by atoms with van der Waals surface area (Å²) in [5, 5.41) is 1.87. The number of rotatable bonds is 1. The Kier molecular flexibility index (Phi) is 3.08. The highest BCUT2D eigenvalue weighted by molar-refractivity contribution is 7.07. The molecule has 0 bridgehead atoms. The first-order chi connectivity index (χ1) is 9.24. The summed E-state index contributed by atoms with van der Waals surface area (Å²) >= 11 is 1.41. The molecule has 1 unspecified atom stereocenters. The lowest BCUT2D eigenvalue weighted by Crippen LogP contribution is -2.36. The minimum atomic E-state index is -0.683. The number of thiazole rings is 1. The molecule has 3 rings (SSSR count). The van der Waals surface area contributed by atoms with Gasteiger partial charge >= 0.3 is 0 Å². The number of fused-ring (bicyclic) bond motifs is 1. The molecule has 0 fully saturated rings. The lowest BCUT2D eigenvalue weighted by molar-refractivity contribution is -0.127. The minimum absolute atomic E-state index is 0.189. The van der Waals surface area contributed by atoms with Crippen LogP contribution in [0.4, 0.5) is 0 Å². The molecule has 0 N–H and O–H groups in total. The van der Waals surface area contributed by atoms with Gasteiger partial charge in [0.15, 0.2) is 16.3 Å². The van der Waals surface area contributed by atoms with Crippen LogP contribution in [0.5, 0.6) is 11.5 Å². The van der Waals surface area contributed by atoms with Crippen molar-refractivity contribution in [3.63, 3.8) is 0 Å². The number of ether oxygens (including phenoxy) is 2. The molecule has 98 valence electrons. The van der Waals surface area contributed by atoms with Crippen LogP contribution in [0.25, 0.3) is 0 Å². The minimum Gasteiger partial charge on any atom is -0.485 e. The van der Waals surface area contributed by atoms with Crippen molar-refractivity contribution in [1.82, 2.24) is 4.57 Å². The Morgan fingerprint density at radius 2 is 2.21 bits per heavy atom. The van der Waals surface area contributed by atoms with E-state index in [1.165, 1.54) is 11.3 Å². The van der Waals surface area contributed by atoms with Gasteiger partial charge in [0.1, 0.15) is 6.61 Å². The lowest BCUT2D eigenvalue weighted by atomic mass is 10.2. The summed E-state index contributed by atoms with van der Waals surface area (Å²) in [4.78, 5) is 16.7. The fraction of sp³-hybridized carbons (Fsp3) is 0.231. The Hall–Kier alpha value is -2.08. The molecule has 1 atom stereocenters. The van der Waals surface area contributed by atoms with Crippen molar-refractivity contribution in [1.29, 1.82) is 0 Å². The number of aromatic nitrogens is 1. The van der Waals surface area contributed by atoms with Gasteiger partial charge in [-0.3, -0.25) is 4.79 Å². The molecule has 1 aliphatic rings. The van der Waals surface area contributed by atoms with Gasteiger partial charge in [-0.25, -0.2) is 0 Å². The van der Waals surface area contributed by atoms with Gasteiger partial charge in [-0.05, 0) is 12.1 Å². The lowest BCUT2D eigenvalue weighted by Gasteiger charge is -2.23. The van der Waals surface area contributed by atoms with E-state index in [0.717, 1.165) is 0 Å². The molecule has 1 aliphatic heterocycles. The highest BCUT2D eigenvalue weighted by Gasteiger charge is 2.26. The number of hydrogen-bond donors (Lipinski definition) is 0. The number of hydrogen-bond acceptors (Lipinski definition) is 4. The summed E-state index contributed by atoms with van der Waals surface area (Å²) in [7, 11) is 1.84. The van der Waals surface area contributed by atoms with Gasteiger partial charge in [-0.2, -0.15) is 4.99 Å². The first kappa shape index (κ1) is 12.0. The maximum absolute atomic E-state index is 12.0. The summed E-state index contributed by atoms with van der Waals surface area (Å²) in [6, 6.07) is 7.29. The van der Waals surface area contributed by atoms with E-state index in [9.17, 15) is 4.79 Å². The summed E-state index contributed by atoms with van der Waals surface area (Å²) in [6.07, 6.45) is 1.17. The molecule has 0 aliphatic carbocycles. The van der Waals surface area contributed by atoms with E-state index in [0.29, 0.717) is 16.3 Å². The Labute approximate surface area is 113 Å². The van der Waals surface area contributed by atoms with Crippen LogP contribution in [0.3, 0.4) is 0 Å². The molecule has 0 spiro atoms. The smallest absolute Gasteiger partial charge is 0.292 e. The average Bonchev–Trinajstić information content (AvgIpc) is 2.84. The Bertz CT molecular complexity index is 674. The molecule has 0 radical (unpaired) electrons. The van der Waals surface area contributed by atoms with Crippen molar-refractivity contribution < 1.29 is 14.3 Å². The van der Waals surface area contributed by atoms with Crippen LogP contribution in [-0.4, -0.2) is 23.2 Å². The van der Waals surface area contributed by atoms with Crippen molar-refractivity contribution in [3.8, 4) is 11.5 Å². The van der Waals surface area contributed by atoms with Crippen LogP contribution < -0.4 is 14.3 Å². The fourth-order valence-electron chi connectivity index (χ4n) is 1.74. The Morgan fingerprint density at radius 1 is 1.42 bits per heavy atom. The van der Waals surface area contributed by atoms with Gasteiger partial charge < -0.3 is 14.0 Å². The fourth-order valence-corrected chi connectivity index (χ4v) is 2.48. The second kappa shape index (κ2) is 4.89. The molecule has 1 aromatic heterocycles. The normalized spacial score (nSPS) is 18.4. The van der Waals surface area contributed by atoms with Crippen molar-refractivity contribution in [2.45, 2.75) is 6.10 Å². The highest BCUT2D eigenvalue weighted by atomic mass is 32.1. The third-order valence-corrected chi connectivity index (χ3v) is 3.60. The zero-order valence-electron chi connectivity index (χ0n) is 10.3. The van der Waals surface area contributed by atoms with Crippen LogP contribution in [-0.2, 0) is 11.8 Å². The van der Waals surface area contributed by atoms with Gasteiger partial charge in [-0.15, -0.1) is 11.3 Å². The zero-order chi connectivity index (χ0) is 13.2. The average molecular weight is 276 g/mol. The van der Waals surface area contributed by atoms with Crippen molar-refractivity contribution in [3.05, 3.63) is 40.6 Å². The van der Waals surface area contributed by atoms with E-state index in [4.69, 9.17) is 9.47 Å². The first-order valence-electron chi connectivity index (χ1n) is 5.81. The summed E-state index contributed by atoms with van der Waals surface area (Å²) in [5.74, 6) is 0.915. The van der Waals surface area contributed by atoms with Crippen molar-refractivity contribution >= 4 is 17.2 Å². The van der Waals surface area contributed by atoms with Crippen LogP contribution in [0.15, 0.2) is 40.8 Å². The van der Waals surface area contributed by atoms with Crippen molar-refractivity contribution in [2.24, 2.45) is 12.0 Å². The third kappa shape index (κ3) is 2.39. The predicted octanol–water partition coefficient (Wildman–Crippen LogP) is 1.35. The van der Waals surface area contributed by atoms with Gasteiger partial charge in [0.05, 0.1) is 0 Å². The van der Waals surface area contributed by atoms with Gasteiger partial charge in [-0.1, -0.05) is 12.1 Å². The molecule has 0 saturated heterocycles. The Morgan fingerprint density at radius 3 is 2.95 bits per heavy atom. The van der Waals surface area contributed by atoms with Crippen molar-refractivity contribution in [2.75, 3.05) is 6.61 Å². The van der Waals surface area contributed by atoms with E-state index in [1.807, 2.05) is 36.8 Å². The number of carbonyl (C=O) groups is 1. The largest absolute Gasteiger partial charge is 0.485 e. The summed E-state index contributed by atoms with van der Waals surface area (Å²) < 4.78 is 12.9. The van der Waals surface area contributed by atoms with E-state index in [1.54, 1.807) is 10.6 Å². The van der Waals surface area contributed by atoms with Crippen LogP contribution in [0, 0.1) is 0 Å². The van der Waals surface area contributed by atoms with Gasteiger partial charge in [0.25, 0.3) is 5.91 Å². The molecule has 19 heavy (non-hydrogen) atoms. The maximum atomic E-state index is 12.0. The van der Waals surface area contributed by atoms with E-state index in [2.05, 4.69) is 4.99 Å². The molecular weight excluding hydrogens is 264 g/mol. The van der Waals surface area contributed by atoms with E-state index >= 15 is 0 Å². The highest BCUT2D eigenvalue weighted by Crippen LogP contribution is 2.30. The van der Waals surface area contributed by atoms with E-state index < -0.39 is 6.10 Å². The quantitative estimate of drug-likeness (QED) is 0.790. The molecule has 1 aromatic carbocycles. The zero-order valence-corrected chi connectivity index (χ0v) is 11.1. The Balaban J connectivity index is 1.82. The van der Waals surface area contributed by atoms with E-state index in [-0.39, 0.29) is 12.5 Å². The number of amides is 1. The first-order valence-corrected chi connectivity index (χ1v) is 6.69. The molecule has 2 heterocycles. The number of para-hydroxylation sites is 2. The topological polar surface area (TPSA) is 52.8 Å².